The largest absolute Gasteiger partial charge is 0.365 e. The zero-order valence-electron chi connectivity index (χ0n) is 14.4. The van der Waals surface area contributed by atoms with E-state index in [1.165, 1.54) is 29.2 Å². The molecule has 0 bridgehead atoms. The zero-order valence-corrected chi connectivity index (χ0v) is 14.4. The van der Waals surface area contributed by atoms with Gasteiger partial charge in [-0.25, -0.2) is 0 Å². The first kappa shape index (κ1) is 16.8. The molecule has 2 N–H and O–H groups in total. The van der Waals surface area contributed by atoms with E-state index in [2.05, 4.69) is 0 Å². The monoisotopic (exact) mass is 364 g/mol. The average Bonchev–Trinajstić information content (AvgIpc) is 2.94. The third kappa shape index (κ3) is 2.45. The van der Waals surface area contributed by atoms with Crippen molar-refractivity contribution < 1.29 is 14.5 Å². The summed E-state index contributed by atoms with van der Waals surface area (Å²) in [7, 11) is 1.89. The molecule has 8 heteroatoms. The highest BCUT2D eigenvalue weighted by atomic mass is 16.6. The first-order valence-corrected chi connectivity index (χ1v) is 8.31. The van der Waals surface area contributed by atoms with Crippen LogP contribution in [-0.4, -0.2) is 29.8 Å². The normalized spacial score (nSPS) is 20.8. The standard InChI is InChI=1S/C19H16N4O4/c1-21-15-5-3-2-4-13(15)17-16(21)10-14(18(20)24)19(25)22(17)11-6-8-12(9-7-11)23(26)27/h2-10,16-17H,1H3,(H2,20,24). The summed E-state index contributed by atoms with van der Waals surface area (Å²) in [6.45, 7) is 0. The molecule has 2 atom stereocenters. The number of para-hydroxylation sites is 1. The Bertz CT molecular complexity index is 999. The Balaban J connectivity index is 1.88. The van der Waals surface area contributed by atoms with E-state index in [-0.39, 0.29) is 23.3 Å². The Labute approximate surface area is 154 Å². The fourth-order valence-electron chi connectivity index (χ4n) is 3.81. The summed E-state index contributed by atoms with van der Waals surface area (Å²) in [4.78, 5) is 38.8. The Kier molecular flexibility index (Phi) is 3.69. The molecule has 2 heterocycles. The molecule has 2 aromatic carbocycles. The predicted molar refractivity (Wildman–Crippen MR) is 99.2 cm³/mol. The third-order valence-corrected chi connectivity index (χ3v) is 5.08. The van der Waals surface area contributed by atoms with Crippen LogP contribution < -0.4 is 15.5 Å². The Hall–Kier alpha value is -3.68. The number of anilines is 2. The van der Waals surface area contributed by atoms with Crippen molar-refractivity contribution in [2.75, 3.05) is 16.8 Å². The number of carbonyl (C=O) groups excluding carboxylic acids is 2. The van der Waals surface area contributed by atoms with Crippen LogP contribution in [0.15, 0.2) is 60.2 Å². The number of benzene rings is 2. The molecule has 0 aromatic heterocycles. The molecule has 4 rings (SSSR count). The molecule has 0 saturated carbocycles. The fraction of sp³-hybridized carbons (Fsp3) is 0.158. The summed E-state index contributed by atoms with van der Waals surface area (Å²) in [6, 6.07) is 12.8. The van der Waals surface area contributed by atoms with Crippen LogP contribution in [0.3, 0.4) is 0 Å². The molecule has 0 spiro atoms. The van der Waals surface area contributed by atoms with Gasteiger partial charge in [-0.05, 0) is 24.3 Å². The van der Waals surface area contributed by atoms with Gasteiger partial charge in [0.2, 0.25) is 0 Å². The van der Waals surface area contributed by atoms with Gasteiger partial charge in [-0.15, -0.1) is 0 Å². The van der Waals surface area contributed by atoms with Gasteiger partial charge < -0.3 is 10.6 Å². The minimum absolute atomic E-state index is 0.0747. The van der Waals surface area contributed by atoms with Crippen LogP contribution in [0.1, 0.15) is 11.6 Å². The highest BCUT2D eigenvalue weighted by Crippen LogP contribution is 2.47. The van der Waals surface area contributed by atoms with E-state index in [4.69, 9.17) is 5.73 Å². The maximum atomic E-state index is 13.0. The third-order valence-electron chi connectivity index (χ3n) is 5.08. The van der Waals surface area contributed by atoms with Crippen LogP contribution >= 0.6 is 0 Å². The predicted octanol–water partition coefficient (Wildman–Crippen LogP) is 1.91. The average molecular weight is 364 g/mol. The molecule has 27 heavy (non-hydrogen) atoms. The summed E-state index contributed by atoms with van der Waals surface area (Å²) >= 11 is 0. The maximum Gasteiger partial charge on any atom is 0.269 e. The Morgan fingerprint density at radius 1 is 1.15 bits per heavy atom. The molecular formula is C19H16N4O4. The molecule has 2 aliphatic rings. The van der Waals surface area contributed by atoms with Gasteiger partial charge in [0.25, 0.3) is 17.5 Å². The van der Waals surface area contributed by atoms with Gasteiger partial charge in [-0.1, -0.05) is 18.2 Å². The smallest absolute Gasteiger partial charge is 0.269 e. The first-order chi connectivity index (χ1) is 12.9. The van der Waals surface area contributed by atoms with E-state index in [1.807, 2.05) is 36.2 Å². The number of hydrogen-bond acceptors (Lipinski definition) is 5. The first-order valence-electron chi connectivity index (χ1n) is 8.31. The lowest BCUT2D eigenvalue weighted by Crippen LogP contribution is -2.49. The number of nitro benzene ring substituents is 1. The zero-order chi connectivity index (χ0) is 19.3. The number of nitro groups is 1. The van der Waals surface area contributed by atoms with Crippen molar-refractivity contribution in [3.05, 3.63) is 75.9 Å². The number of nitrogens with zero attached hydrogens (tertiary/aromatic N) is 3. The summed E-state index contributed by atoms with van der Waals surface area (Å²) in [5, 5.41) is 10.9. The second kappa shape index (κ2) is 5.94. The van der Waals surface area contributed by atoms with Gasteiger partial charge >= 0.3 is 0 Å². The number of nitrogens with two attached hydrogens (primary N) is 1. The molecule has 2 unspecified atom stereocenters. The molecule has 0 radical (unpaired) electrons. The van der Waals surface area contributed by atoms with Gasteiger partial charge in [0, 0.05) is 36.1 Å². The van der Waals surface area contributed by atoms with Gasteiger partial charge in [0.15, 0.2) is 0 Å². The summed E-state index contributed by atoms with van der Waals surface area (Å²) < 4.78 is 0. The molecule has 8 nitrogen and oxygen atoms in total. The number of hydrogen-bond donors (Lipinski definition) is 1. The van der Waals surface area contributed by atoms with Gasteiger partial charge in [0.05, 0.1) is 17.0 Å². The second-order valence-corrected chi connectivity index (χ2v) is 6.50. The van der Waals surface area contributed by atoms with Crippen LogP contribution in [0.4, 0.5) is 17.1 Å². The Morgan fingerprint density at radius 2 is 1.81 bits per heavy atom. The summed E-state index contributed by atoms with van der Waals surface area (Å²) in [5.41, 5.74) is 7.63. The van der Waals surface area contributed by atoms with Crippen molar-refractivity contribution >= 4 is 28.9 Å². The number of non-ortho nitro benzene ring substituents is 1. The van der Waals surface area contributed by atoms with Gasteiger partial charge in [-0.2, -0.15) is 0 Å². The van der Waals surface area contributed by atoms with E-state index >= 15 is 0 Å². The number of rotatable bonds is 3. The van der Waals surface area contributed by atoms with E-state index in [1.54, 1.807) is 6.08 Å². The van der Waals surface area contributed by atoms with Crippen molar-refractivity contribution in [2.45, 2.75) is 12.1 Å². The maximum absolute atomic E-state index is 13.0. The van der Waals surface area contributed by atoms with Crippen LogP contribution in [0, 0.1) is 10.1 Å². The lowest BCUT2D eigenvalue weighted by molar-refractivity contribution is -0.384. The molecule has 0 aliphatic carbocycles. The van der Waals surface area contributed by atoms with E-state index in [0.717, 1.165) is 11.3 Å². The quantitative estimate of drug-likeness (QED) is 0.508. The minimum Gasteiger partial charge on any atom is -0.365 e. The van der Waals surface area contributed by atoms with Crippen LogP contribution in [-0.2, 0) is 9.59 Å². The Morgan fingerprint density at radius 3 is 2.44 bits per heavy atom. The highest BCUT2D eigenvalue weighted by Gasteiger charge is 2.46. The number of fused-ring (bicyclic) bond motifs is 3. The van der Waals surface area contributed by atoms with Gasteiger partial charge in [0.1, 0.15) is 5.57 Å². The van der Waals surface area contributed by atoms with Crippen molar-refractivity contribution in [3.8, 4) is 0 Å². The minimum atomic E-state index is -0.797. The summed E-state index contributed by atoms with van der Waals surface area (Å²) in [5.74, 6) is -1.31. The van der Waals surface area contributed by atoms with Crippen molar-refractivity contribution in [1.29, 1.82) is 0 Å². The van der Waals surface area contributed by atoms with Crippen molar-refractivity contribution in [1.82, 2.24) is 0 Å². The number of carbonyl (C=O) groups is 2. The van der Waals surface area contributed by atoms with E-state index < -0.39 is 16.7 Å². The van der Waals surface area contributed by atoms with Crippen LogP contribution in [0.5, 0.6) is 0 Å². The summed E-state index contributed by atoms with van der Waals surface area (Å²) in [6.07, 6.45) is 1.61. The van der Waals surface area contributed by atoms with Crippen molar-refractivity contribution in [2.24, 2.45) is 5.73 Å². The number of primary amides is 1. The molecule has 0 fully saturated rings. The molecule has 2 aliphatic heterocycles. The number of likely N-dealkylation sites (N-methyl/N-ethyl adjacent to an activating group) is 1. The fourth-order valence-corrected chi connectivity index (χ4v) is 3.81. The second-order valence-electron chi connectivity index (χ2n) is 6.50. The molecular weight excluding hydrogens is 348 g/mol. The van der Waals surface area contributed by atoms with E-state index in [9.17, 15) is 19.7 Å². The highest BCUT2D eigenvalue weighted by molar-refractivity contribution is 6.24. The number of amides is 2. The van der Waals surface area contributed by atoms with Crippen molar-refractivity contribution in [3.63, 3.8) is 0 Å². The molecule has 0 saturated heterocycles. The molecule has 2 amide bonds. The van der Waals surface area contributed by atoms with Crippen LogP contribution in [0.2, 0.25) is 0 Å². The van der Waals surface area contributed by atoms with Gasteiger partial charge in [-0.3, -0.25) is 24.6 Å². The topological polar surface area (TPSA) is 110 Å². The lowest BCUT2D eigenvalue weighted by atomic mass is 9.93. The van der Waals surface area contributed by atoms with E-state index in [0.29, 0.717) is 5.69 Å². The van der Waals surface area contributed by atoms with Crippen LogP contribution in [0.25, 0.3) is 0 Å². The molecule has 2 aromatic rings. The lowest BCUT2D eigenvalue weighted by Gasteiger charge is -2.38. The molecule has 136 valence electrons. The SMILES string of the molecule is CN1c2ccccc2C2C1C=C(C(N)=O)C(=O)N2c1ccc([N+](=O)[O-])cc1.